The van der Waals surface area contributed by atoms with Crippen molar-refractivity contribution in [2.45, 2.75) is 24.8 Å². The molecule has 0 N–H and O–H groups in total. The van der Waals surface area contributed by atoms with Crippen molar-refractivity contribution in [3.63, 3.8) is 0 Å². The molecule has 1 aromatic carbocycles. The van der Waals surface area contributed by atoms with Crippen LogP contribution in [0.3, 0.4) is 0 Å². The Kier molecular flexibility index (Phi) is 3.58. The Balaban J connectivity index is 1.78. The van der Waals surface area contributed by atoms with E-state index in [0.29, 0.717) is 12.0 Å². The van der Waals surface area contributed by atoms with Crippen molar-refractivity contribution in [2.75, 3.05) is 6.61 Å². The van der Waals surface area contributed by atoms with Crippen LogP contribution in [0.15, 0.2) is 42.7 Å². The molecule has 1 aliphatic rings. The van der Waals surface area contributed by atoms with Gasteiger partial charge in [-0.1, -0.05) is 18.2 Å². The van der Waals surface area contributed by atoms with Crippen LogP contribution in [0.1, 0.15) is 24.3 Å². The quantitative estimate of drug-likeness (QED) is 0.801. The number of ether oxygens (including phenoxy) is 1. The highest BCUT2D eigenvalue weighted by molar-refractivity contribution is 6.21. The topological polar surface area (TPSA) is 27.1 Å². The van der Waals surface area contributed by atoms with E-state index in [1.54, 1.807) is 0 Å². The van der Waals surface area contributed by atoms with Crippen molar-refractivity contribution < 1.29 is 4.74 Å². The fraction of sp³-hybridized carbons (Fsp3) is 0.400. The molecular formula is C15H17ClN2O. The summed E-state index contributed by atoms with van der Waals surface area (Å²) in [5.74, 6) is 0.380. The normalized spacial score (nSPS) is 24.5. The van der Waals surface area contributed by atoms with Gasteiger partial charge < -0.3 is 4.74 Å². The molecule has 3 unspecified atom stereocenters. The fourth-order valence-corrected chi connectivity index (χ4v) is 2.82. The Morgan fingerprint density at radius 2 is 2.16 bits per heavy atom. The van der Waals surface area contributed by atoms with Crippen molar-refractivity contribution >= 4 is 11.6 Å². The molecule has 0 spiro atoms. The molecule has 1 aromatic heterocycles. The van der Waals surface area contributed by atoms with Crippen LogP contribution in [0.2, 0.25) is 0 Å². The highest BCUT2D eigenvalue weighted by Crippen LogP contribution is 2.36. The van der Waals surface area contributed by atoms with Crippen LogP contribution in [-0.2, 0) is 4.74 Å². The summed E-state index contributed by atoms with van der Waals surface area (Å²) in [5.41, 5.74) is 2.11. The molecule has 1 saturated heterocycles. The third-order valence-electron chi connectivity index (χ3n) is 3.59. The second-order valence-electron chi connectivity index (χ2n) is 5.10. The lowest BCUT2D eigenvalue weighted by atomic mass is 9.98. The molecule has 2 aromatic rings. The zero-order chi connectivity index (χ0) is 13.2. The highest BCUT2D eigenvalue weighted by Gasteiger charge is 2.30. The van der Waals surface area contributed by atoms with Gasteiger partial charge in [0.2, 0.25) is 0 Å². The molecule has 3 atom stereocenters. The molecular weight excluding hydrogens is 260 g/mol. The average molecular weight is 277 g/mol. The summed E-state index contributed by atoms with van der Waals surface area (Å²) >= 11 is 6.55. The molecule has 3 rings (SSSR count). The number of hydrogen-bond donors (Lipinski definition) is 0. The molecule has 0 aliphatic carbocycles. The number of nitrogens with zero attached hydrogens (tertiary/aromatic N) is 2. The van der Waals surface area contributed by atoms with Crippen LogP contribution in [0.25, 0.3) is 5.69 Å². The lowest BCUT2D eigenvalue weighted by molar-refractivity contribution is 0.120. The largest absolute Gasteiger partial charge is 0.378 e. The van der Waals surface area contributed by atoms with Gasteiger partial charge in [-0.3, -0.25) is 0 Å². The molecule has 0 amide bonds. The second kappa shape index (κ2) is 5.35. The maximum absolute atomic E-state index is 6.55. The first-order chi connectivity index (χ1) is 9.24. The highest BCUT2D eigenvalue weighted by atomic mass is 35.5. The summed E-state index contributed by atoms with van der Waals surface area (Å²) in [6, 6.07) is 10.1. The minimum atomic E-state index is -0.0255. The SMILES string of the molecule is CC1CC(C(Cl)c2cnn(-c3ccccc3)c2)CO1. The Bertz CT molecular complexity index is 540. The van der Waals surface area contributed by atoms with Crippen LogP contribution in [-0.4, -0.2) is 22.5 Å². The molecule has 19 heavy (non-hydrogen) atoms. The van der Waals surface area contributed by atoms with E-state index in [0.717, 1.165) is 24.3 Å². The summed E-state index contributed by atoms with van der Waals surface area (Å²) in [6.45, 7) is 2.84. The first-order valence-electron chi connectivity index (χ1n) is 6.59. The molecule has 0 radical (unpaired) electrons. The van der Waals surface area contributed by atoms with Gasteiger partial charge in [0.15, 0.2) is 0 Å². The predicted octanol–water partition coefficient (Wildman–Crippen LogP) is 3.58. The maximum atomic E-state index is 6.55. The fourth-order valence-electron chi connectivity index (χ4n) is 2.53. The van der Waals surface area contributed by atoms with Crippen LogP contribution >= 0.6 is 11.6 Å². The predicted molar refractivity (Wildman–Crippen MR) is 75.7 cm³/mol. The van der Waals surface area contributed by atoms with Gasteiger partial charge in [0.25, 0.3) is 0 Å². The monoisotopic (exact) mass is 276 g/mol. The number of alkyl halides is 1. The van der Waals surface area contributed by atoms with Gasteiger partial charge >= 0.3 is 0 Å². The van der Waals surface area contributed by atoms with E-state index >= 15 is 0 Å². The van der Waals surface area contributed by atoms with Crippen LogP contribution in [0.5, 0.6) is 0 Å². The zero-order valence-electron chi connectivity index (χ0n) is 10.9. The average Bonchev–Trinajstić information content (AvgIpc) is 3.08. The molecule has 3 nitrogen and oxygen atoms in total. The van der Waals surface area contributed by atoms with Gasteiger partial charge in [-0.25, -0.2) is 4.68 Å². The van der Waals surface area contributed by atoms with Crippen molar-refractivity contribution in [2.24, 2.45) is 5.92 Å². The van der Waals surface area contributed by atoms with Crippen molar-refractivity contribution in [3.05, 3.63) is 48.3 Å². The number of para-hydroxylation sites is 1. The minimum absolute atomic E-state index is 0.0255. The molecule has 100 valence electrons. The first-order valence-corrected chi connectivity index (χ1v) is 7.03. The van der Waals surface area contributed by atoms with Crippen LogP contribution < -0.4 is 0 Å². The third-order valence-corrected chi connectivity index (χ3v) is 4.19. The second-order valence-corrected chi connectivity index (χ2v) is 5.57. The number of benzene rings is 1. The lowest BCUT2D eigenvalue weighted by Gasteiger charge is -2.13. The van der Waals surface area contributed by atoms with Gasteiger partial charge in [0.1, 0.15) is 0 Å². The van der Waals surface area contributed by atoms with E-state index in [9.17, 15) is 0 Å². The summed E-state index contributed by atoms with van der Waals surface area (Å²) in [7, 11) is 0. The van der Waals surface area contributed by atoms with E-state index in [2.05, 4.69) is 12.0 Å². The van der Waals surface area contributed by atoms with Crippen LogP contribution in [0, 0.1) is 5.92 Å². The first kappa shape index (κ1) is 12.7. The van der Waals surface area contributed by atoms with Gasteiger partial charge in [0.05, 0.1) is 30.0 Å². The summed E-state index contributed by atoms with van der Waals surface area (Å²) in [5, 5.41) is 4.36. The number of hydrogen-bond acceptors (Lipinski definition) is 2. The van der Waals surface area contributed by atoms with E-state index < -0.39 is 0 Å². The molecule has 1 aliphatic heterocycles. The Hall–Kier alpha value is -1.32. The lowest BCUT2D eigenvalue weighted by Crippen LogP contribution is -2.07. The van der Waals surface area contributed by atoms with E-state index in [-0.39, 0.29) is 5.38 Å². The van der Waals surface area contributed by atoms with Gasteiger partial charge in [-0.15, -0.1) is 11.6 Å². The Morgan fingerprint density at radius 3 is 2.84 bits per heavy atom. The molecule has 4 heteroatoms. The van der Waals surface area contributed by atoms with Gasteiger partial charge in [-0.05, 0) is 25.5 Å². The summed E-state index contributed by atoms with van der Waals surface area (Å²) in [4.78, 5) is 0. The molecule has 1 fully saturated rings. The van der Waals surface area contributed by atoms with Crippen molar-refractivity contribution in [3.8, 4) is 5.69 Å². The molecule has 2 heterocycles. The summed E-state index contributed by atoms with van der Waals surface area (Å²) < 4.78 is 7.45. The van der Waals surface area contributed by atoms with Crippen molar-refractivity contribution in [1.29, 1.82) is 0 Å². The number of rotatable bonds is 3. The van der Waals surface area contributed by atoms with Crippen LogP contribution in [0.4, 0.5) is 0 Å². The Morgan fingerprint density at radius 1 is 1.37 bits per heavy atom. The Labute approximate surface area is 118 Å². The molecule has 0 saturated carbocycles. The van der Waals surface area contributed by atoms with Crippen molar-refractivity contribution in [1.82, 2.24) is 9.78 Å². The zero-order valence-corrected chi connectivity index (χ0v) is 11.6. The maximum Gasteiger partial charge on any atom is 0.0667 e. The smallest absolute Gasteiger partial charge is 0.0667 e. The standard InChI is InChI=1S/C15H17ClN2O/c1-11-7-12(10-19-11)15(16)13-8-17-18(9-13)14-5-3-2-4-6-14/h2-6,8-9,11-12,15H,7,10H2,1H3. The number of halogens is 1. The van der Waals surface area contributed by atoms with E-state index in [1.807, 2.05) is 47.4 Å². The minimum Gasteiger partial charge on any atom is -0.378 e. The molecule has 0 bridgehead atoms. The van der Waals surface area contributed by atoms with E-state index in [4.69, 9.17) is 16.3 Å². The summed E-state index contributed by atoms with van der Waals surface area (Å²) in [6.07, 6.45) is 5.20. The van der Waals surface area contributed by atoms with Gasteiger partial charge in [0, 0.05) is 17.7 Å². The third kappa shape index (κ3) is 2.67. The van der Waals surface area contributed by atoms with Gasteiger partial charge in [-0.2, -0.15) is 5.10 Å². The number of aromatic nitrogens is 2. The van der Waals surface area contributed by atoms with E-state index in [1.165, 1.54) is 0 Å².